The molecule has 4 atom stereocenters. The number of halogens is 1. The molecule has 3 aliphatic heterocycles. The second-order valence-electron chi connectivity index (χ2n) is 6.84. The third-order valence-corrected chi connectivity index (χ3v) is 5.29. The number of amides is 2. The van der Waals surface area contributed by atoms with Crippen molar-refractivity contribution in [1.82, 2.24) is 0 Å². The number of imide groups is 1. The van der Waals surface area contributed by atoms with Crippen LogP contribution in [-0.4, -0.2) is 41.7 Å². The number of rotatable bonds is 4. The second-order valence-corrected chi connectivity index (χ2v) is 7.28. The van der Waals surface area contributed by atoms with Crippen LogP contribution >= 0.6 is 11.6 Å². The Labute approximate surface area is 165 Å². The number of fused-ring (bicyclic) bond motifs is 5. The van der Waals surface area contributed by atoms with Crippen LogP contribution < -0.4 is 4.90 Å². The molecule has 8 nitrogen and oxygen atoms in total. The molecule has 4 rings (SSSR count). The maximum atomic E-state index is 13.2. The van der Waals surface area contributed by atoms with Crippen LogP contribution in [0.25, 0.3) is 0 Å². The van der Waals surface area contributed by atoms with Crippen molar-refractivity contribution in [2.75, 3.05) is 4.90 Å². The summed E-state index contributed by atoms with van der Waals surface area (Å²) in [5.74, 6) is -4.23. The van der Waals surface area contributed by atoms with Gasteiger partial charge in [-0.2, -0.15) is 0 Å². The molecule has 4 unspecified atom stereocenters. The van der Waals surface area contributed by atoms with Crippen molar-refractivity contribution in [3.05, 3.63) is 41.4 Å². The zero-order chi connectivity index (χ0) is 20.2. The number of hydrogen-bond donors (Lipinski definition) is 0. The molecule has 2 saturated heterocycles. The monoisotopic (exact) mass is 405 g/mol. The van der Waals surface area contributed by atoms with Gasteiger partial charge in [-0.05, 0) is 24.3 Å². The molecule has 1 aromatic rings. The van der Waals surface area contributed by atoms with Gasteiger partial charge < -0.3 is 14.2 Å². The number of nitrogens with zero attached hydrogens (tertiary/aromatic N) is 1. The molecule has 3 aliphatic rings. The van der Waals surface area contributed by atoms with Crippen LogP contribution in [0.5, 0.6) is 0 Å². The van der Waals surface area contributed by atoms with Gasteiger partial charge in [0.2, 0.25) is 11.8 Å². The molecule has 2 amide bonds. The van der Waals surface area contributed by atoms with E-state index in [1.165, 1.54) is 12.1 Å². The molecule has 0 radical (unpaired) electrons. The number of hydrogen-bond acceptors (Lipinski definition) is 7. The molecule has 2 fully saturated rings. The van der Waals surface area contributed by atoms with E-state index in [4.69, 9.17) is 25.8 Å². The normalized spacial score (nSPS) is 30.1. The van der Waals surface area contributed by atoms with Gasteiger partial charge in [0.15, 0.2) is 5.60 Å². The van der Waals surface area contributed by atoms with Crippen LogP contribution in [0, 0.1) is 11.8 Å². The lowest BCUT2D eigenvalue weighted by Crippen LogP contribution is -2.52. The average Bonchev–Trinajstić information content (AvgIpc) is 3.25. The molecule has 0 aromatic heterocycles. The van der Waals surface area contributed by atoms with E-state index in [1.54, 1.807) is 24.3 Å². The van der Waals surface area contributed by atoms with Crippen LogP contribution in [0.2, 0.25) is 5.02 Å². The molecule has 0 aliphatic carbocycles. The van der Waals surface area contributed by atoms with Crippen LogP contribution in [0.15, 0.2) is 36.4 Å². The number of benzene rings is 1. The highest BCUT2D eigenvalue weighted by Gasteiger charge is 2.72. The van der Waals surface area contributed by atoms with Gasteiger partial charge in [-0.3, -0.25) is 19.2 Å². The summed E-state index contributed by atoms with van der Waals surface area (Å²) in [7, 11) is 0. The Bertz CT molecular complexity index is 913. The number of carbonyl (C=O) groups excluding carboxylic acids is 4. The molecule has 0 spiro atoms. The van der Waals surface area contributed by atoms with Crippen molar-refractivity contribution in [1.29, 1.82) is 0 Å². The Kier molecular flexibility index (Phi) is 4.28. The van der Waals surface area contributed by atoms with Crippen molar-refractivity contribution in [2.24, 2.45) is 11.8 Å². The fourth-order valence-corrected chi connectivity index (χ4v) is 4.27. The quantitative estimate of drug-likeness (QED) is 0.324. The highest BCUT2D eigenvalue weighted by atomic mass is 35.5. The Balaban J connectivity index is 1.75. The minimum Gasteiger partial charge on any atom is -0.422 e. The number of anilines is 1. The summed E-state index contributed by atoms with van der Waals surface area (Å²) < 4.78 is 16.2. The van der Waals surface area contributed by atoms with E-state index in [-0.39, 0.29) is 0 Å². The third kappa shape index (κ3) is 2.63. The van der Waals surface area contributed by atoms with E-state index < -0.39 is 53.6 Å². The van der Waals surface area contributed by atoms with Crippen molar-refractivity contribution in [3.63, 3.8) is 0 Å². The molecule has 28 heavy (non-hydrogen) atoms. The topological polar surface area (TPSA) is 99.2 Å². The van der Waals surface area contributed by atoms with Gasteiger partial charge in [0.25, 0.3) is 6.29 Å². The summed E-state index contributed by atoms with van der Waals surface area (Å²) in [5.41, 5.74) is -1.23. The minimum atomic E-state index is -1.56. The van der Waals surface area contributed by atoms with Gasteiger partial charge >= 0.3 is 11.9 Å². The summed E-state index contributed by atoms with van der Waals surface area (Å²) in [6, 6.07) is 6.37. The molecular weight excluding hydrogens is 390 g/mol. The maximum absolute atomic E-state index is 13.2. The molecular formula is C19H16ClNO7. The SMILES string of the molecule is CC(=O)OC(OC(C)=O)C12C=CC(O1)C1C(=O)N(c3cccc(Cl)c3)C(=O)C12. The first-order chi connectivity index (χ1) is 13.2. The Morgan fingerprint density at radius 2 is 1.86 bits per heavy atom. The number of ether oxygens (including phenoxy) is 3. The van der Waals surface area contributed by atoms with Crippen LogP contribution in [0.1, 0.15) is 13.8 Å². The summed E-state index contributed by atoms with van der Waals surface area (Å²) >= 11 is 6.00. The van der Waals surface area contributed by atoms with Gasteiger partial charge in [-0.25, -0.2) is 4.90 Å². The zero-order valence-corrected chi connectivity index (χ0v) is 15.7. The average molecular weight is 406 g/mol. The van der Waals surface area contributed by atoms with Gasteiger partial charge in [0.05, 0.1) is 23.6 Å². The first kappa shape index (κ1) is 18.6. The Hall–Kier alpha value is -2.71. The molecule has 146 valence electrons. The summed E-state index contributed by atoms with van der Waals surface area (Å²) in [5, 5.41) is 0.375. The molecule has 2 bridgehead atoms. The standard InChI is InChI=1S/C19H16ClNO7/c1-9(22)26-18(27-10(2)23)19-7-6-13(28-19)14-15(19)17(25)21(16(14)24)12-5-3-4-11(20)8-12/h3-8,13-15,18H,1-2H3. The second kappa shape index (κ2) is 6.42. The summed E-state index contributed by atoms with van der Waals surface area (Å²) in [6.45, 7) is 2.30. The van der Waals surface area contributed by atoms with Crippen molar-refractivity contribution >= 4 is 41.0 Å². The van der Waals surface area contributed by atoms with Crippen molar-refractivity contribution in [3.8, 4) is 0 Å². The first-order valence-electron chi connectivity index (χ1n) is 8.59. The van der Waals surface area contributed by atoms with Crippen LogP contribution in [0.4, 0.5) is 5.69 Å². The van der Waals surface area contributed by atoms with Gasteiger partial charge in [-0.15, -0.1) is 0 Å². The van der Waals surface area contributed by atoms with E-state index in [9.17, 15) is 19.2 Å². The maximum Gasteiger partial charge on any atom is 0.305 e. The third-order valence-electron chi connectivity index (χ3n) is 5.06. The van der Waals surface area contributed by atoms with E-state index in [1.807, 2.05) is 0 Å². The minimum absolute atomic E-state index is 0.336. The molecule has 3 heterocycles. The smallest absolute Gasteiger partial charge is 0.305 e. The Morgan fingerprint density at radius 1 is 1.18 bits per heavy atom. The van der Waals surface area contributed by atoms with Crippen molar-refractivity contribution < 1.29 is 33.4 Å². The summed E-state index contributed by atoms with van der Waals surface area (Å²) in [4.78, 5) is 50.5. The molecule has 9 heteroatoms. The van der Waals surface area contributed by atoms with E-state index in [2.05, 4.69) is 0 Å². The lowest BCUT2D eigenvalue weighted by Gasteiger charge is -2.34. The Morgan fingerprint density at radius 3 is 2.46 bits per heavy atom. The van der Waals surface area contributed by atoms with Crippen LogP contribution in [0.3, 0.4) is 0 Å². The lowest BCUT2D eigenvalue weighted by atomic mass is 9.76. The molecule has 0 N–H and O–H groups in total. The largest absolute Gasteiger partial charge is 0.422 e. The lowest BCUT2D eigenvalue weighted by molar-refractivity contribution is -0.226. The molecule has 0 saturated carbocycles. The van der Waals surface area contributed by atoms with Gasteiger partial charge in [-0.1, -0.05) is 23.7 Å². The predicted octanol–water partition coefficient (Wildman–Crippen LogP) is 1.61. The molecule has 1 aromatic carbocycles. The first-order valence-corrected chi connectivity index (χ1v) is 8.97. The number of esters is 2. The van der Waals surface area contributed by atoms with Gasteiger partial charge in [0, 0.05) is 18.9 Å². The van der Waals surface area contributed by atoms with Crippen LogP contribution in [-0.2, 0) is 33.4 Å². The fourth-order valence-electron chi connectivity index (χ4n) is 4.09. The van der Waals surface area contributed by atoms with E-state index in [0.717, 1.165) is 18.7 Å². The predicted molar refractivity (Wildman–Crippen MR) is 95.0 cm³/mol. The highest BCUT2D eigenvalue weighted by molar-refractivity contribution is 6.31. The summed E-state index contributed by atoms with van der Waals surface area (Å²) in [6.07, 6.45) is 0.963. The fraction of sp³-hybridized carbons (Fsp3) is 0.368. The zero-order valence-electron chi connectivity index (χ0n) is 15.0. The van der Waals surface area contributed by atoms with Crippen molar-refractivity contribution in [2.45, 2.75) is 31.8 Å². The van der Waals surface area contributed by atoms with Gasteiger partial charge in [0.1, 0.15) is 0 Å². The number of carbonyl (C=O) groups is 4. The van der Waals surface area contributed by atoms with E-state index >= 15 is 0 Å². The highest BCUT2D eigenvalue weighted by Crippen LogP contribution is 2.54. The van der Waals surface area contributed by atoms with E-state index in [0.29, 0.717) is 10.7 Å².